The Hall–Kier alpha value is -1.68. The van der Waals surface area contributed by atoms with Gasteiger partial charge in [-0.05, 0) is 32.0 Å². The number of halogens is 1. The maximum atomic E-state index is 6.06. The van der Waals surface area contributed by atoms with Crippen LogP contribution in [0, 0.1) is 13.8 Å². The summed E-state index contributed by atoms with van der Waals surface area (Å²) >= 11 is 6.06. The third-order valence-corrected chi connectivity index (χ3v) is 2.65. The second-order valence-corrected chi connectivity index (χ2v) is 3.95. The van der Waals surface area contributed by atoms with E-state index in [2.05, 4.69) is 15.2 Å². The number of nitrogens with two attached hydrogens (primary N) is 1. The van der Waals surface area contributed by atoms with Gasteiger partial charge in [0, 0.05) is 11.3 Å². The smallest absolute Gasteiger partial charge is 0.183 e. The topological polar surface area (TPSA) is 64.7 Å². The van der Waals surface area contributed by atoms with Gasteiger partial charge in [0.05, 0.1) is 16.4 Å². The van der Waals surface area contributed by atoms with Crippen molar-refractivity contribution in [2.75, 3.05) is 5.73 Å². The van der Waals surface area contributed by atoms with Crippen LogP contribution in [-0.4, -0.2) is 15.2 Å². The van der Waals surface area contributed by atoms with E-state index >= 15 is 0 Å². The second-order valence-electron chi connectivity index (χ2n) is 3.55. The van der Waals surface area contributed by atoms with Gasteiger partial charge < -0.3 is 5.73 Å². The van der Waals surface area contributed by atoms with Crippen molar-refractivity contribution in [1.82, 2.24) is 15.2 Å². The van der Waals surface area contributed by atoms with E-state index in [1.165, 1.54) is 0 Å². The van der Waals surface area contributed by atoms with Gasteiger partial charge in [-0.2, -0.15) is 5.10 Å². The van der Waals surface area contributed by atoms with E-state index in [0.29, 0.717) is 22.1 Å². The highest BCUT2D eigenvalue weighted by Crippen LogP contribution is 2.26. The minimum Gasteiger partial charge on any atom is -0.399 e. The van der Waals surface area contributed by atoms with E-state index in [1.54, 1.807) is 18.2 Å². The Labute approximate surface area is 98.5 Å². The molecule has 1 aromatic heterocycles. The van der Waals surface area contributed by atoms with E-state index in [0.717, 1.165) is 11.4 Å². The van der Waals surface area contributed by atoms with Crippen LogP contribution >= 0.6 is 11.6 Å². The Morgan fingerprint density at radius 3 is 2.56 bits per heavy atom. The molecule has 0 aliphatic heterocycles. The minimum atomic E-state index is 0.500. The lowest BCUT2D eigenvalue weighted by molar-refractivity contribution is 0.905. The highest BCUT2D eigenvalue weighted by molar-refractivity contribution is 6.33. The number of nitrogen functional groups attached to an aromatic ring is 1. The Bertz CT molecular complexity index is 540. The summed E-state index contributed by atoms with van der Waals surface area (Å²) in [5.74, 6) is 0.500. The van der Waals surface area contributed by atoms with Gasteiger partial charge in [0.1, 0.15) is 0 Å². The van der Waals surface area contributed by atoms with Crippen molar-refractivity contribution in [3.63, 3.8) is 0 Å². The Kier molecular flexibility index (Phi) is 2.75. The zero-order valence-corrected chi connectivity index (χ0v) is 9.78. The number of anilines is 1. The van der Waals surface area contributed by atoms with Crippen LogP contribution in [0.5, 0.6) is 0 Å². The first-order valence-corrected chi connectivity index (χ1v) is 5.19. The van der Waals surface area contributed by atoms with E-state index in [9.17, 15) is 0 Å². The van der Waals surface area contributed by atoms with Crippen LogP contribution in [0.2, 0.25) is 5.02 Å². The lowest BCUT2D eigenvalue weighted by Gasteiger charge is -2.05. The van der Waals surface area contributed by atoms with E-state index in [1.807, 2.05) is 13.8 Å². The van der Waals surface area contributed by atoms with Crippen molar-refractivity contribution in [2.45, 2.75) is 13.8 Å². The molecule has 1 heterocycles. The van der Waals surface area contributed by atoms with Crippen LogP contribution < -0.4 is 5.73 Å². The van der Waals surface area contributed by atoms with Crippen LogP contribution in [0.25, 0.3) is 11.4 Å². The summed E-state index contributed by atoms with van der Waals surface area (Å²) in [7, 11) is 0. The molecule has 2 N–H and O–H groups in total. The summed E-state index contributed by atoms with van der Waals surface area (Å²) in [6, 6.07) is 5.21. The normalized spacial score (nSPS) is 10.4. The zero-order chi connectivity index (χ0) is 11.7. The Balaban J connectivity index is 2.58. The highest BCUT2D eigenvalue weighted by Gasteiger charge is 2.09. The summed E-state index contributed by atoms with van der Waals surface area (Å²) in [6.07, 6.45) is 0. The number of benzene rings is 1. The predicted octanol–water partition coefficient (Wildman–Crippen LogP) is 2.39. The molecule has 0 atom stereocenters. The summed E-state index contributed by atoms with van der Waals surface area (Å²) in [5.41, 5.74) is 8.68. The largest absolute Gasteiger partial charge is 0.399 e. The highest BCUT2D eigenvalue weighted by atomic mass is 35.5. The van der Waals surface area contributed by atoms with Gasteiger partial charge in [0.15, 0.2) is 5.82 Å². The number of rotatable bonds is 1. The molecule has 0 bridgehead atoms. The fourth-order valence-electron chi connectivity index (χ4n) is 1.29. The first-order chi connectivity index (χ1) is 7.58. The molecular formula is C11H11ClN4. The third-order valence-electron chi connectivity index (χ3n) is 2.32. The first-order valence-electron chi connectivity index (χ1n) is 4.81. The Morgan fingerprint density at radius 2 is 1.88 bits per heavy atom. The first kappa shape index (κ1) is 10.8. The molecular weight excluding hydrogens is 224 g/mol. The van der Waals surface area contributed by atoms with Crippen molar-refractivity contribution in [3.05, 3.63) is 34.6 Å². The lowest BCUT2D eigenvalue weighted by Crippen LogP contribution is -1.99. The zero-order valence-electron chi connectivity index (χ0n) is 9.03. The number of aryl methyl sites for hydroxylation is 2. The molecule has 0 unspecified atom stereocenters. The van der Waals surface area contributed by atoms with Gasteiger partial charge in [0.2, 0.25) is 0 Å². The molecule has 0 amide bonds. The fraction of sp³-hybridized carbons (Fsp3) is 0.182. The average molecular weight is 235 g/mol. The van der Waals surface area contributed by atoms with Crippen molar-refractivity contribution in [1.29, 1.82) is 0 Å². The molecule has 0 radical (unpaired) electrons. The summed E-state index contributed by atoms with van der Waals surface area (Å²) in [5, 5.41) is 8.59. The molecule has 1 aromatic carbocycles. The molecule has 4 nitrogen and oxygen atoms in total. The number of nitrogens with zero attached hydrogens (tertiary/aromatic N) is 3. The third kappa shape index (κ3) is 1.97. The summed E-state index contributed by atoms with van der Waals surface area (Å²) in [4.78, 5) is 4.33. The standard InChI is InChI=1S/C11H11ClN4/c1-6-7(2)15-16-11(14-6)9-5-8(13)3-4-10(9)12/h3-5H,13H2,1-2H3. The quantitative estimate of drug-likeness (QED) is 0.770. The Morgan fingerprint density at radius 1 is 1.12 bits per heavy atom. The van der Waals surface area contributed by atoms with Gasteiger partial charge in [-0.25, -0.2) is 4.98 Å². The number of hydrogen-bond acceptors (Lipinski definition) is 4. The van der Waals surface area contributed by atoms with E-state index < -0.39 is 0 Å². The molecule has 5 heteroatoms. The molecule has 0 spiro atoms. The fourth-order valence-corrected chi connectivity index (χ4v) is 1.49. The van der Waals surface area contributed by atoms with Crippen LogP contribution in [-0.2, 0) is 0 Å². The monoisotopic (exact) mass is 234 g/mol. The van der Waals surface area contributed by atoms with E-state index in [-0.39, 0.29) is 0 Å². The van der Waals surface area contributed by atoms with Crippen LogP contribution in [0.1, 0.15) is 11.4 Å². The minimum absolute atomic E-state index is 0.500. The maximum Gasteiger partial charge on any atom is 0.183 e. The molecule has 0 aliphatic carbocycles. The van der Waals surface area contributed by atoms with Crippen molar-refractivity contribution < 1.29 is 0 Å². The second kappa shape index (κ2) is 4.06. The maximum absolute atomic E-state index is 6.06. The molecule has 0 aliphatic rings. The molecule has 2 rings (SSSR count). The summed E-state index contributed by atoms with van der Waals surface area (Å²) < 4.78 is 0. The van der Waals surface area contributed by atoms with Crippen LogP contribution in [0.3, 0.4) is 0 Å². The van der Waals surface area contributed by atoms with Crippen LogP contribution in [0.4, 0.5) is 5.69 Å². The molecule has 0 saturated heterocycles. The average Bonchev–Trinajstić information content (AvgIpc) is 2.26. The van der Waals surface area contributed by atoms with Crippen molar-refractivity contribution in [2.24, 2.45) is 0 Å². The molecule has 0 saturated carbocycles. The van der Waals surface area contributed by atoms with Gasteiger partial charge in [-0.1, -0.05) is 11.6 Å². The molecule has 82 valence electrons. The molecule has 2 aromatic rings. The van der Waals surface area contributed by atoms with Crippen molar-refractivity contribution in [3.8, 4) is 11.4 Å². The van der Waals surface area contributed by atoms with Crippen LogP contribution in [0.15, 0.2) is 18.2 Å². The van der Waals surface area contributed by atoms with Gasteiger partial charge in [-0.15, -0.1) is 5.10 Å². The summed E-state index contributed by atoms with van der Waals surface area (Å²) in [6.45, 7) is 3.74. The molecule has 16 heavy (non-hydrogen) atoms. The van der Waals surface area contributed by atoms with E-state index in [4.69, 9.17) is 17.3 Å². The van der Waals surface area contributed by atoms with Crippen molar-refractivity contribution >= 4 is 17.3 Å². The predicted molar refractivity (Wildman–Crippen MR) is 64.2 cm³/mol. The number of hydrogen-bond donors (Lipinski definition) is 1. The SMILES string of the molecule is Cc1nnc(-c2cc(N)ccc2Cl)nc1C. The molecule has 0 fully saturated rings. The van der Waals surface area contributed by atoms with Gasteiger partial charge in [0.25, 0.3) is 0 Å². The lowest BCUT2D eigenvalue weighted by atomic mass is 10.2. The number of aromatic nitrogens is 3. The van der Waals surface area contributed by atoms with Gasteiger partial charge in [-0.3, -0.25) is 0 Å². The van der Waals surface area contributed by atoms with Gasteiger partial charge >= 0.3 is 0 Å².